The van der Waals surface area contributed by atoms with Crippen molar-refractivity contribution in [1.82, 2.24) is 4.57 Å². The van der Waals surface area contributed by atoms with Gasteiger partial charge in [-0.2, -0.15) is 13.2 Å². The minimum absolute atomic E-state index is 0.0850. The highest BCUT2D eigenvalue weighted by Crippen LogP contribution is 2.54. The summed E-state index contributed by atoms with van der Waals surface area (Å²) in [6, 6.07) is 16.3. The number of imide groups is 1. The second-order valence-electron chi connectivity index (χ2n) is 10.8. The first kappa shape index (κ1) is 31.4. The summed E-state index contributed by atoms with van der Waals surface area (Å²) in [5.74, 6) is -2.42. The number of carbonyl (C=O) groups is 3. The molecule has 0 saturated carbocycles. The van der Waals surface area contributed by atoms with Gasteiger partial charge in [0.2, 0.25) is 17.7 Å². The first-order valence-electron chi connectivity index (χ1n) is 13.9. The Kier molecular flexibility index (Phi) is 8.19. The minimum atomic E-state index is -4.60. The van der Waals surface area contributed by atoms with Crippen LogP contribution >= 0.6 is 23.1 Å². The van der Waals surface area contributed by atoms with E-state index < -0.39 is 58.0 Å². The SMILES string of the molecule is COc1ccc([C@@H]2c3sc(=O)n(CC(=O)Nc4cccc(C(F)(F)F)c4)c3S[C@H]3C(=O)N(c4ccc(C)cc4)C(=O)[C@@H]23)cc1OC. The van der Waals surface area contributed by atoms with Crippen molar-refractivity contribution in [3.05, 3.63) is 98.0 Å². The average molecular weight is 670 g/mol. The van der Waals surface area contributed by atoms with Gasteiger partial charge in [-0.15, -0.1) is 0 Å². The summed E-state index contributed by atoms with van der Waals surface area (Å²) in [4.78, 5) is 55.6. The third-order valence-electron chi connectivity index (χ3n) is 7.88. The number of nitrogens with zero attached hydrogens (tertiary/aromatic N) is 2. The number of thiazole rings is 1. The van der Waals surface area contributed by atoms with Crippen molar-refractivity contribution < 1.29 is 37.0 Å². The highest BCUT2D eigenvalue weighted by molar-refractivity contribution is 8.00. The zero-order valence-corrected chi connectivity index (χ0v) is 26.2. The van der Waals surface area contributed by atoms with E-state index >= 15 is 0 Å². The maximum Gasteiger partial charge on any atom is 0.416 e. The molecule has 0 radical (unpaired) electrons. The molecule has 1 N–H and O–H groups in total. The number of carbonyl (C=O) groups excluding carboxylic acids is 3. The summed E-state index contributed by atoms with van der Waals surface area (Å²) in [6.45, 7) is 1.37. The van der Waals surface area contributed by atoms with Gasteiger partial charge in [-0.25, -0.2) is 4.90 Å². The van der Waals surface area contributed by atoms with Crippen LogP contribution in [0.1, 0.15) is 27.5 Å². The third kappa shape index (κ3) is 5.55. The molecular weight excluding hydrogens is 643 g/mol. The first-order valence-corrected chi connectivity index (χ1v) is 15.6. The number of fused-ring (bicyclic) bond motifs is 2. The summed E-state index contributed by atoms with van der Waals surface area (Å²) in [5, 5.41) is 1.84. The van der Waals surface area contributed by atoms with Crippen molar-refractivity contribution in [1.29, 1.82) is 0 Å². The van der Waals surface area contributed by atoms with Gasteiger partial charge in [0.05, 0.1) is 36.4 Å². The van der Waals surface area contributed by atoms with Gasteiger partial charge < -0.3 is 14.8 Å². The summed E-state index contributed by atoms with van der Waals surface area (Å²) < 4.78 is 51.7. The predicted octanol–water partition coefficient (Wildman–Crippen LogP) is 5.69. The molecule has 0 bridgehead atoms. The van der Waals surface area contributed by atoms with Gasteiger partial charge in [0.1, 0.15) is 11.8 Å². The molecule has 9 nitrogen and oxygen atoms in total. The van der Waals surface area contributed by atoms with Crippen LogP contribution in [0.15, 0.2) is 76.6 Å². The number of aromatic nitrogens is 1. The molecule has 2 aliphatic heterocycles. The van der Waals surface area contributed by atoms with E-state index in [1.54, 1.807) is 42.5 Å². The van der Waals surface area contributed by atoms with Crippen LogP contribution in [0.25, 0.3) is 0 Å². The lowest BCUT2D eigenvalue weighted by Crippen LogP contribution is -2.33. The smallest absolute Gasteiger partial charge is 0.416 e. The molecule has 238 valence electrons. The van der Waals surface area contributed by atoms with Crippen molar-refractivity contribution >= 4 is 52.2 Å². The highest BCUT2D eigenvalue weighted by Gasteiger charge is 2.57. The quantitative estimate of drug-likeness (QED) is 0.252. The van der Waals surface area contributed by atoms with E-state index in [0.717, 1.165) is 45.7 Å². The number of thioether (sulfide) groups is 1. The number of aryl methyl sites for hydroxylation is 1. The monoisotopic (exact) mass is 669 g/mol. The maximum atomic E-state index is 14.1. The molecule has 2 aliphatic rings. The molecule has 3 heterocycles. The number of alkyl halides is 3. The van der Waals surface area contributed by atoms with E-state index in [4.69, 9.17) is 9.47 Å². The number of rotatable bonds is 7. The molecule has 46 heavy (non-hydrogen) atoms. The zero-order valence-electron chi connectivity index (χ0n) is 24.6. The number of hydrogen-bond donors (Lipinski definition) is 1. The third-order valence-corrected chi connectivity index (χ3v) is 10.5. The standard InChI is InChI=1S/C32H26F3N3O6S2/c1-16-7-10-20(11-8-16)38-28(40)25-24(17-9-12-21(43-2)22(13-17)44-3)27-30(45-26(25)29(38)41)37(31(42)46-27)15-23(39)36-19-6-4-5-18(14-19)32(33,34)35/h4-14,24-26H,15H2,1-3H3,(H,36,39)/t24-,25-,26+/m0/s1. The van der Waals surface area contributed by atoms with Crippen LogP contribution in [0.3, 0.4) is 0 Å². The molecule has 3 amide bonds. The molecule has 0 spiro atoms. The Labute approximate surface area is 268 Å². The van der Waals surface area contributed by atoms with Gasteiger partial charge in [0, 0.05) is 16.5 Å². The fourth-order valence-corrected chi connectivity index (χ4v) is 8.50. The average Bonchev–Trinajstić information content (AvgIpc) is 3.47. The molecule has 6 rings (SSSR count). The molecule has 3 atom stereocenters. The van der Waals surface area contributed by atoms with Gasteiger partial charge in [-0.3, -0.25) is 23.7 Å². The van der Waals surface area contributed by atoms with E-state index in [1.165, 1.54) is 30.9 Å². The van der Waals surface area contributed by atoms with Crippen molar-refractivity contribution in [3.63, 3.8) is 0 Å². The van der Waals surface area contributed by atoms with E-state index in [1.807, 2.05) is 6.92 Å². The molecule has 1 fully saturated rings. The minimum Gasteiger partial charge on any atom is -0.493 e. The van der Waals surface area contributed by atoms with Gasteiger partial charge in [-0.1, -0.05) is 52.9 Å². The number of anilines is 2. The van der Waals surface area contributed by atoms with Crippen LogP contribution in [0.5, 0.6) is 11.5 Å². The molecule has 1 saturated heterocycles. The van der Waals surface area contributed by atoms with Gasteiger partial charge >= 0.3 is 11.0 Å². The fraction of sp³-hybridized carbons (Fsp3) is 0.250. The Bertz CT molecular complexity index is 1920. The van der Waals surface area contributed by atoms with E-state index in [-0.39, 0.29) is 5.69 Å². The molecule has 4 aromatic rings. The summed E-state index contributed by atoms with van der Waals surface area (Å²) in [7, 11) is 2.95. The van der Waals surface area contributed by atoms with Crippen molar-refractivity contribution in [3.8, 4) is 11.5 Å². The van der Waals surface area contributed by atoms with Gasteiger partial charge in [0.15, 0.2) is 11.5 Å². The molecule has 0 unspecified atom stereocenters. The Balaban J connectivity index is 1.41. The number of halogens is 3. The van der Waals surface area contributed by atoms with Crippen LogP contribution in [0.4, 0.5) is 24.5 Å². The lowest BCUT2D eigenvalue weighted by atomic mass is 9.83. The van der Waals surface area contributed by atoms with Gasteiger partial charge in [-0.05, 0) is 55.0 Å². The van der Waals surface area contributed by atoms with E-state index in [0.29, 0.717) is 32.7 Å². The van der Waals surface area contributed by atoms with E-state index in [2.05, 4.69) is 5.32 Å². The number of amides is 3. The molecule has 1 aromatic heterocycles. The van der Waals surface area contributed by atoms with Crippen molar-refractivity contribution in [2.45, 2.75) is 35.8 Å². The predicted molar refractivity (Wildman–Crippen MR) is 167 cm³/mol. The van der Waals surface area contributed by atoms with Crippen molar-refractivity contribution in [2.75, 3.05) is 24.4 Å². The summed E-state index contributed by atoms with van der Waals surface area (Å²) in [5.41, 5.74) is 0.953. The Morgan fingerprint density at radius 1 is 0.935 bits per heavy atom. The maximum absolute atomic E-state index is 14.1. The van der Waals surface area contributed by atoms with Crippen molar-refractivity contribution in [2.24, 2.45) is 5.92 Å². The van der Waals surface area contributed by atoms with Crippen LogP contribution in [-0.4, -0.2) is 41.8 Å². The number of nitrogens with one attached hydrogen (secondary N) is 1. The lowest BCUT2D eigenvalue weighted by Gasteiger charge is -2.31. The topological polar surface area (TPSA) is 107 Å². The highest BCUT2D eigenvalue weighted by atomic mass is 32.2. The van der Waals surface area contributed by atoms with Crippen LogP contribution in [-0.2, 0) is 27.1 Å². The number of hydrogen-bond acceptors (Lipinski definition) is 8. The van der Waals surface area contributed by atoms with Crippen LogP contribution < -0.4 is 24.6 Å². The molecular formula is C32H26F3N3O6S2. The van der Waals surface area contributed by atoms with Crippen LogP contribution in [0.2, 0.25) is 0 Å². The van der Waals surface area contributed by atoms with E-state index in [9.17, 15) is 32.3 Å². The Morgan fingerprint density at radius 3 is 2.33 bits per heavy atom. The number of benzene rings is 3. The Morgan fingerprint density at radius 2 is 1.65 bits per heavy atom. The normalized spacial score (nSPS) is 19.1. The molecule has 3 aromatic carbocycles. The molecule has 0 aliphatic carbocycles. The Hall–Kier alpha value is -4.56. The van der Waals surface area contributed by atoms with Crippen LogP contribution in [0, 0.1) is 12.8 Å². The summed E-state index contributed by atoms with van der Waals surface area (Å²) in [6.07, 6.45) is -4.60. The molecule has 14 heteroatoms. The largest absolute Gasteiger partial charge is 0.493 e. The fourth-order valence-electron chi connectivity index (χ4n) is 5.73. The second-order valence-corrected chi connectivity index (χ2v) is 12.9. The number of methoxy groups -OCH3 is 2. The first-order chi connectivity index (χ1) is 21.9. The number of ether oxygens (including phenoxy) is 2. The zero-order chi connectivity index (χ0) is 32.9. The second kappa shape index (κ2) is 12.0. The summed E-state index contributed by atoms with van der Waals surface area (Å²) >= 11 is 1.89. The van der Waals surface area contributed by atoms with Gasteiger partial charge in [0.25, 0.3) is 0 Å². The lowest BCUT2D eigenvalue weighted by molar-refractivity contribution is -0.137.